The Morgan fingerprint density at radius 1 is 0.794 bits per heavy atom. The Bertz CT molecular complexity index is 1260. The number of piperazine rings is 1. The van der Waals surface area contributed by atoms with Crippen molar-refractivity contribution in [2.24, 2.45) is 0 Å². The number of hydrogen-bond donors (Lipinski definition) is 0. The van der Waals surface area contributed by atoms with Gasteiger partial charge in [-0.3, -0.25) is 9.59 Å². The lowest BCUT2D eigenvalue weighted by molar-refractivity contribution is 0.0566. The Hall–Kier alpha value is -3.44. The van der Waals surface area contributed by atoms with Gasteiger partial charge in [0.15, 0.2) is 5.78 Å². The largest absolute Gasteiger partial charge is 0.368 e. The Labute approximate surface area is 200 Å². The standard InChI is InChI=1S/C29H29N3O2/c1-30-16-18-31(19-17-30)25-13-7-6-12-24(25)28(33)26-22-10-4-5-11-23(22)29(34)32-15-14-20-8-2-3-9-21(20)27(26)32/h2-13,26-27H,14-19H2,1H3/t26-,27-/m0/s1. The Kier molecular flexibility index (Phi) is 5.22. The molecule has 0 bridgehead atoms. The van der Waals surface area contributed by atoms with E-state index < -0.39 is 5.92 Å². The number of carbonyl (C=O) groups is 2. The molecular weight excluding hydrogens is 422 g/mol. The maximum Gasteiger partial charge on any atom is 0.254 e. The summed E-state index contributed by atoms with van der Waals surface area (Å²) in [5, 5.41) is 0. The molecular formula is C29H29N3O2. The molecule has 0 unspecified atom stereocenters. The lowest BCUT2D eigenvalue weighted by Crippen LogP contribution is -2.48. The number of ketones is 1. The lowest BCUT2D eigenvalue weighted by atomic mass is 9.73. The van der Waals surface area contributed by atoms with E-state index in [1.807, 2.05) is 59.5 Å². The summed E-state index contributed by atoms with van der Waals surface area (Å²) in [5.41, 5.74) is 5.61. The van der Waals surface area contributed by atoms with Crippen molar-refractivity contribution in [1.29, 1.82) is 0 Å². The van der Waals surface area contributed by atoms with Gasteiger partial charge in [0.1, 0.15) is 0 Å². The van der Waals surface area contributed by atoms with Gasteiger partial charge in [0.25, 0.3) is 5.91 Å². The second-order valence-electron chi connectivity index (χ2n) is 9.63. The highest BCUT2D eigenvalue weighted by Crippen LogP contribution is 2.47. The van der Waals surface area contributed by atoms with Crippen LogP contribution in [0.3, 0.4) is 0 Å². The van der Waals surface area contributed by atoms with E-state index in [9.17, 15) is 9.59 Å². The highest BCUT2D eigenvalue weighted by atomic mass is 16.2. The molecule has 3 aromatic carbocycles. The van der Waals surface area contributed by atoms with Crippen LogP contribution in [0.15, 0.2) is 72.8 Å². The number of amides is 1. The maximum atomic E-state index is 14.5. The van der Waals surface area contributed by atoms with Crippen molar-refractivity contribution < 1.29 is 9.59 Å². The molecule has 2 atom stereocenters. The van der Waals surface area contributed by atoms with Crippen molar-refractivity contribution in [3.8, 4) is 0 Å². The summed E-state index contributed by atoms with van der Waals surface area (Å²) in [6.07, 6.45) is 0.819. The van der Waals surface area contributed by atoms with Crippen LogP contribution >= 0.6 is 0 Å². The van der Waals surface area contributed by atoms with Gasteiger partial charge >= 0.3 is 0 Å². The number of nitrogens with zero attached hydrogens (tertiary/aromatic N) is 3. The normalized spacial score (nSPS) is 22.1. The molecule has 3 aliphatic heterocycles. The zero-order chi connectivity index (χ0) is 23.2. The number of likely N-dealkylation sites (N-methyl/N-ethyl adjacent to an activating group) is 1. The number of rotatable bonds is 3. The van der Waals surface area contributed by atoms with E-state index in [0.717, 1.165) is 55.0 Å². The molecule has 1 saturated heterocycles. The quantitative estimate of drug-likeness (QED) is 0.561. The van der Waals surface area contributed by atoms with Gasteiger partial charge in [0.05, 0.1) is 12.0 Å². The third kappa shape index (κ3) is 3.34. The van der Waals surface area contributed by atoms with Crippen LogP contribution in [-0.4, -0.2) is 61.3 Å². The molecule has 3 heterocycles. The van der Waals surface area contributed by atoms with Crippen LogP contribution in [0.2, 0.25) is 0 Å². The van der Waals surface area contributed by atoms with E-state index in [0.29, 0.717) is 12.1 Å². The van der Waals surface area contributed by atoms with Crippen LogP contribution in [0.5, 0.6) is 0 Å². The van der Waals surface area contributed by atoms with Crippen molar-refractivity contribution in [2.75, 3.05) is 44.7 Å². The topological polar surface area (TPSA) is 43.9 Å². The first-order chi connectivity index (χ1) is 16.6. The molecule has 6 rings (SSSR count). The van der Waals surface area contributed by atoms with Crippen LogP contribution in [0.4, 0.5) is 5.69 Å². The SMILES string of the molecule is CN1CCN(c2ccccc2C(=O)[C@H]2c3ccccc3C(=O)N3CCc4ccccc4[C@@H]23)CC1. The first-order valence-corrected chi connectivity index (χ1v) is 12.2. The second-order valence-corrected chi connectivity index (χ2v) is 9.63. The minimum atomic E-state index is -0.427. The number of fused-ring (bicyclic) bond motifs is 4. The molecule has 5 heteroatoms. The first kappa shape index (κ1) is 21.1. The predicted molar refractivity (Wildman–Crippen MR) is 134 cm³/mol. The molecule has 0 N–H and O–H groups in total. The van der Waals surface area contributed by atoms with Crippen molar-refractivity contribution in [2.45, 2.75) is 18.4 Å². The van der Waals surface area contributed by atoms with Crippen LogP contribution in [0.1, 0.15) is 49.4 Å². The van der Waals surface area contributed by atoms with Gasteiger partial charge in [-0.25, -0.2) is 0 Å². The Balaban J connectivity index is 1.49. The van der Waals surface area contributed by atoms with E-state index in [1.165, 1.54) is 5.56 Å². The lowest BCUT2D eigenvalue weighted by Gasteiger charge is -2.45. The van der Waals surface area contributed by atoms with E-state index >= 15 is 0 Å². The summed E-state index contributed by atoms with van der Waals surface area (Å²) in [6.45, 7) is 4.40. The maximum absolute atomic E-state index is 14.5. The fourth-order valence-electron chi connectivity index (χ4n) is 5.93. The van der Waals surface area contributed by atoms with Crippen LogP contribution < -0.4 is 4.90 Å². The number of para-hydroxylation sites is 1. The smallest absolute Gasteiger partial charge is 0.254 e. The number of carbonyl (C=O) groups excluding carboxylic acids is 2. The average Bonchev–Trinajstić information content (AvgIpc) is 2.89. The van der Waals surface area contributed by atoms with Crippen molar-refractivity contribution >= 4 is 17.4 Å². The van der Waals surface area contributed by atoms with Gasteiger partial charge in [0, 0.05) is 49.5 Å². The molecule has 3 aliphatic rings. The molecule has 3 aromatic rings. The molecule has 1 amide bonds. The second kappa shape index (κ2) is 8.41. The number of benzene rings is 3. The molecule has 0 spiro atoms. The van der Waals surface area contributed by atoms with Crippen molar-refractivity contribution in [3.63, 3.8) is 0 Å². The van der Waals surface area contributed by atoms with Gasteiger partial charge in [-0.15, -0.1) is 0 Å². The van der Waals surface area contributed by atoms with E-state index in [2.05, 4.69) is 35.0 Å². The van der Waals surface area contributed by atoms with Gasteiger partial charge in [-0.2, -0.15) is 0 Å². The molecule has 5 nitrogen and oxygen atoms in total. The van der Waals surface area contributed by atoms with Gasteiger partial charge < -0.3 is 14.7 Å². The Morgan fingerprint density at radius 3 is 2.29 bits per heavy atom. The molecule has 0 aromatic heterocycles. The minimum Gasteiger partial charge on any atom is -0.368 e. The monoisotopic (exact) mass is 451 g/mol. The summed E-state index contributed by atoms with van der Waals surface area (Å²) < 4.78 is 0. The Morgan fingerprint density at radius 2 is 1.47 bits per heavy atom. The third-order valence-corrected chi connectivity index (χ3v) is 7.73. The van der Waals surface area contributed by atoms with Crippen molar-refractivity contribution in [3.05, 3.63) is 101 Å². The average molecular weight is 452 g/mol. The number of anilines is 1. The number of hydrogen-bond acceptors (Lipinski definition) is 4. The summed E-state index contributed by atoms with van der Waals surface area (Å²) in [5.74, 6) is -0.295. The molecule has 0 saturated carbocycles. The molecule has 0 aliphatic carbocycles. The minimum absolute atomic E-state index is 0.0338. The molecule has 0 radical (unpaired) electrons. The van der Waals surface area contributed by atoms with Crippen molar-refractivity contribution in [1.82, 2.24) is 9.80 Å². The predicted octanol–water partition coefficient (Wildman–Crippen LogP) is 4.16. The van der Waals surface area contributed by atoms with E-state index in [1.54, 1.807) is 0 Å². The highest BCUT2D eigenvalue weighted by Gasteiger charge is 2.46. The van der Waals surface area contributed by atoms with Gasteiger partial charge in [-0.05, 0) is 48.4 Å². The molecule has 34 heavy (non-hydrogen) atoms. The summed E-state index contributed by atoms with van der Waals surface area (Å²) in [4.78, 5) is 34.6. The van der Waals surface area contributed by atoms with Gasteiger partial charge in [-0.1, -0.05) is 54.6 Å². The first-order valence-electron chi connectivity index (χ1n) is 12.2. The summed E-state index contributed by atoms with van der Waals surface area (Å²) in [7, 11) is 2.14. The van der Waals surface area contributed by atoms with E-state index in [4.69, 9.17) is 0 Å². The van der Waals surface area contributed by atoms with Gasteiger partial charge in [0.2, 0.25) is 0 Å². The summed E-state index contributed by atoms with van der Waals surface area (Å²) >= 11 is 0. The third-order valence-electron chi connectivity index (χ3n) is 7.73. The summed E-state index contributed by atoms with van der Waals surface area (Å²) in [6, 6.07) is 23.7. The fraction of sp³-hybridized carbons (Fsp3) is 0.310. The molecule has 1 fully saturated rings. The highest BCUT2D eigenvalue weighted by molar-refractivity contribution is 6.09. The van der Waals surface area contributed by atoms with E-state index in [-0.39, 0.29) is 17.7 Å². The fourth-order valence-corrected chi connectivity index (χ4v) is 5.93. The number of Topliss-reactive ketones (excluding diaryl/α,β-unsaturated/α-hetero) is 1. The zero-order valence-electron chi connectivity index (χ0n) is 19.5. The molecule has 172 valence electrons. The van der Waals surface area contributed by atoms with Crippen LogP contribution in [0.25, 0.3) is 0 Å². The van der Waals surface area contributed by atoms with Crippen LogP contribution in [-0.2, 0) is 6.42 Å². The van der Waals surface area contributed by atoms with Crippen LogP contribution in [0, 0.1) is 0 Å². The zero-order valence-corrected chi connectivity index (χ0v) is 19.5.